The largest absolute Gasteiger partial charge is 0.325 e. The van der Waals surface area contributed by atoms with Crippen LogP contribution in [0.3, 0.4) is 0 Å². The van der Waals surface area contributed by atoms with Crippen LogP contribution in [0, 0.1) is 29.6 Å². The van der Waals surface area contributed by atoms with Gasteiger partial charge in [-0.3, -0.25) is 9.20 Å². The highest BCUT2D eigenvalue weighted by atomic mass is 32.2. The van der Waals surface area contributed by atoms with Crippen molar-refractivity contribution in [3.63, 3.8) is 0 Å². The fourth-order valence-electron chi connectivity index (χ4n) is 2.22. The molecule has 3 rings (SSSR count). The first-order valence-electron chi connectivity index (χ1n) is 7.57. The van der Waals surface area contributed by atoms with Gasteiger partial charge in [-0.05, 0) is 25.1 Å². The predicted molar refractivity (Wildman–Crippen MR) is 103 cm³/mol. The third-order valence-corrected chi connectivity index (χ3v) is 5.20. The number of imidazole rings is 1. The highest BCUT2D eigenvalue weighted by Gasteiger charge is 2.14. The molecular formula is C18H13N5OS2. The van der Waals surface area contributed by atoms with Gasteiger partial charge in [0.15, 0.2) is 4.96 Å². The average molecular weight is 379 g/mol. The number of aryl methyl sites for hydroxylation is 1. The molecule has 0 aliphatic heterocycles. The smallest absolute Gasteiger partial charge is 0.234 e. The summed E-state index contributed by atoms with van der Waals surface area (Å²) in [6.07, 6.45) is 3.31. The molecule has 0 aliphatic carbocycles. The molecule has 128 valence electrons. The van der Waals surface area contributed by atoms with Crippen molar-refractivity contribution in [2.75, 3.05) is 11.1 Å². The molecule has 0 unspecified atom stereocenters. The van der Waals surface area contributed by atoms with Crippen molar-refractivity contribution in [1.82, 2.24) is 9.38 Å². The van der Waals surface area contributed by atoms with E-state index in [1.807, 2.05) is 54.9 Å². The normalized spacial score (nSPS) is 10.1. The summed E-state index contributed by atoms with van der Waals surface area (Å²) >= 11 is 2.72. The van der Waals surface area contributed by atoms with Gasteiger partial charge in [0.05, 0.1) is 11.4 Å². The van der Waals surface area contributed by atoms with E-state index in [0.29, 0.717) is 10.7 Å². The minimum Gasteiger partial charge on any atom is -0.325 e. The number of hydrogen-bond acceptors (Lipinski definition) is 6. The second kappa shape index (κ2) is 7.87. The first-order valence-corrected chi connectivity index (χ1v) is 9.44. The molecule has 0 aliphatic rings. The Morgan fingerprint density at radius 1 is 1.35 bits per heavy atom. The highest BCUT2D eigenvalue weighted by Crippen LogP contribution is 2.28. The van der Waals surface area contributed by atoms with Crippen molar-refractivity contribution < 1.29 is 4.79 Å². The van der Waals surface area contributed by atoms with Gasteiger partial charge in [-0.15, -0.1) is 11.3 Å². The molecule has 0 bridgehead atoms. The molecule has 0 spiro atoms. The van der Waals surface area contributed by atoms with E-state index in [2.05, 4.69) is 10.3 Å². The maximum atomic E-state index is 12.2. The standard InChI is InChI=1S/C18H13N5OS2/c1-12-2-4-14(5-3-12)21-16(24)11-26-17-15(8-13(9-19)10-20)23-6-7-25-18(23)22-17/h2-8H,11H2,1H3,(H,21,24). The zero-order chi connectivity index (χ0) is 18.5. The van der Waals surface area contributed by atoms with Crippen LogP contribution < -0.4 is 5.32 Å². The summed E-state index contributed by atoms with van der Waals surface area (Å²) in [5.74, 6) is 0.0273. The molecule has 1 N–H and O–H groups in total. The van der Waals surface area contributed by atoms with E-state index in [-0.39, 0.29) is 17.2 Å². The third-order valence-electron chi connectivity index (χ3n) is 3.46. The number of thioether (sulfide) groups is 1. The lowest BCUT2D eigenvalue weighted by Crippen LogP contribution is -2.14. The van der Waals surface area contributed by atoms with E-state index in [1.165, 1.54) is 29.2 Å². The highest BCUT2D eigenvalue weighted by molar-refractivity contribution is 8.00. The van der Waals surface area contributed by atoms with Gasteiger partial charge in [-0.1, -0.05) is 29.5 Å². The Morgan fingerprint density at radius 2 is 2.08 bits per heavy atom. The number of benzene rings is 1. The van der Waals surface area contributed by atoms with Gasteiger partial charge in [0.2, 0.25) is 5.91 Å². The van der Waals surface area contributed by atoms with Crippen LogP contribution in [-0.2, 0) is 4.79 Å². The van der Waals surface area contributed by atoms with Gasteiger partial charge in [-0.2, -0.15) is 10.5 Å². The molecule has 1 aromatic carbocycles. The molecule has 6 nitrogen and oxygen atoms in total. The van der Waals surface area contributed by atoms with Crippen LogP contribution in [0.1, 0.15) is 11.3 Å². The van der Waals surface area contributed by atoms with Gasteiger partial charge in [0, 0.05) is 17.3 Å². The van der Waals surface area contributed by atoms with E-state index in [9.17, 15) is 4.79 Å². The van der Waals surface area contributed by atoms with Crippen molar-refractivity contribution in [2.45, 2.75) is 11.9 Å². The monoisotopic (exact) mass is 379 g/mol. The predicted octanol–water partition coefficient (Wildman–Crippen LogP) is 3.87. The summed E-state index contributed by atoms with van der Waals surface area (Å²) < 4.78 is 1.81. The van der Waals surface area contributed by atoms with Crippen LogP contribution in [0.25, 0.3) is 11.0 Å². The van der Waals surface area contributed by atoms with Crippen molar-refractivity contribution in [3.05, 3.63) is 52.7 Å². The Kier molecular flexibility index (Phi) is 5.37. The molecule has 0 radical (unpaired) electrons. The molecule has 3 aromatic rings. The summed E-state index contributed by atoms with van der Waals surface area (Å²) in [5.41, 5.74) is 2.48. The Morgan fingerprint density at radius 3 is 2.77 bits per heavy atom. The van der Waals surface area contributed by atoms with Crippen molar-refractivity contribution in [2.24, 2.45) is 0 Å². The molecular weight excluding hydrogens is 366 g/mol. The number of nitrogens with one attached hydrogen (secondary N) is 1. The average Bonchev–Trinajstić information content (AvgIpc) is 3.21. The van der Waals surface area contributed by atoms with Crippen molar-refractivity contribution in [1.29, 1.82) is 10.5 Å². The van der Waals surface area contributed by atoms with E-state index in [4.69, 9.17) is 10.5 Å². The topological polar surface area (TPSA) is 94.0 Å². The van der Waals surface area contributed by atoms with Crippen molar-refractivity contribution in [3.8, 4) is 12.1 Å². The quantitative estimate of drug-likeness (QED) is 0.536. The number of amides is 1. The summed E-state index contributed by atoms with van der Waals surface area (Å²) in [6, 6.07) is 11.3. The zero-order valence-corrected chi connectivity index (χ0v) is 15.4. The molecule has 8 heteroatoms. The van der Waals surface area contributed by atoms with E-state index in [1.54, 1.807) is 4.40 Å². The number of aromatic nitrogens is 2. The minimum atomic E-state index is -0.147. The van der Waals surface area contributed by atoms with Gasteiger partial charge in [-0.25, -0.2) is 4.98 Å². The molecule has 0 saturated heterocycles. The number of nitrogens with zero attached hydrogens (tertiary/aromatic N) is 4. The van der Waals surface area contributed by atoms with Crippen LogP contribution in [0.15, 0.2) is 46.4 Å². The lowest BCUT2D eigenvalue weighted by molar-refractivity contribution is -0.113. The fourth-order valence-corrected chi connectivity index (χ4v) is 3.79. The summed E-state index contributed by atoms with van der Waals surface area (Å²) in [4.78, 5) is 17.4. The summed E-state index contributed by atoms with van der Waals surface area (Å²) in [5, 5.41) is 23.3. The third kappa shape index (κ3) is 3.94. The fraction of sp³-hybridized carbons (Fsp3) is 0.111. The van der Waals surface area contributed by atoms with Crippen LogP contribution >= 0.6 is 23.1 Å². The van der Waals surface area contributed by atoms with Gasteiger partial charge < -0.3 is 5.32 Å². The first kappa shape index (κ1) is 17.7. The number of hydrogen-bond donors (Lipinski definition) is 1. The van der Waals surface area contributed by atoms with E-state index >= 15 is 0 Å². The lowest BCUT2D eigenvalue weighted by atomic mass is 10.2. The minimum absolute atomic E-state index is 0.0102. The molecule has 0 atom stereocenters. The summed E-state index contributed by atoms with van der Waals surface area (Å²) in [7, 11) is 0. The van der Waals surface area contributed by atoms with Gasteiger partial charge >= 0.3 is 0 Å². The van der Waals surface area contributed by atoms with Gasteiger partial charge in [0.1, 0.15) is 22.7 Å². The molecule has 0 saturated carbocycles. The van der Waals surface area contributed by atoms with Crippen LogP contribution in [0.5, 0.6) is 0 Å². The number of nitriles is 2. The number of thiazole rings is 1. The Balaban J connectivity index is 1.76. The van der Waals surface area contributed by atoms with Crippen LogP contribution in [-0.4, -0.2) is 21.0 Å². The number of carbonyl (C=O) groups excluding carboxylic acids is 1. The van der Waals surface area contributed by atoms with Crippen LogP contribution in [0.2, 0.25) is 0 Å². The Bertz CT molecular complexity index is 1050. The molecule has 2 heterocycles. The molecule has 26 heavy (non-hydrogen) atoms. The number of fused-ring (bicyclic) bond motifs is 1. The number of allylic oxidation sites excluding steroid dienone is 1. The Hall–Kier alpha value is -3.07. The molecule has 1 amide bonds. The van der Waals surface area contributed by atoms with Crippen molar-refractivity contribution >= 4 is 45.7 Å². The van der Waals surface area contributed by atoms with E-state index in [0.717, 1.165) is 16.2 Å². The lowest BCUT2D eigenvalue weighted by Gasteiger charge is -2.05. The first-order chi connectivity index (χ1) is 12.6. The Labute approximate surface area is 158 Å². The number of rotatable bonds is 5. The second-order valence-electron chi connectivity index (χ2n) is 5.34. The number of anilines is 1. The van der Waals surface area contributed by atoms with Crippen LogP contribution in [0.4, 0.5) is 5.69 Å². The number of carbonyl (C=O) groups is 1. The SMILES string of the molecule is Cc1ccc(NC(=O)CSc2nc3sccn3c2C=C(C#N)C#N)cc1. The summed E-state index contributed by atoms with van der Waals surface area (Å²) in [6.45, 7) is 1.98. The maximum absolute atomic E-state index is 12.2. The molecule has 2 aromatic heterocycles. The van der Waals surface area contributed by atoms with E-state index < -0.39 is 0 Å². The molecule has 0 fully saturated rings. The zero-order valence-electron chi connectivity index (χ0n) is 13.8. The second-order valence-corrected chi connectivity index (χ2v) is 7.18. The maximum Gasteiger partial charge on any atom is 0.234 e. The van der Waals surface area contributed by atoms with Gasteiger partial charge in [0.25, 0.3) is 0 Å².